The van der Waals surface area contributed by atoms with Gasteiger partial charge in [-0.25, -0.2) is 0 Å². The molecule has 0 aromatic carbocycles. The Morgan fingerprint density at radius 2 is 2.44 bits per heavy atom. The number of carbonyl (C=O) groups is 2. The van der Waals surface area contributed by atoms with Crippen LogP contribution in [-0.4, -0.2) is 35.6 Å². The molecular weight excluding hydrogens is 208 g/mol. The molecule has 0 aliphatic carbocycles. The minimum absolute atomic E-state index is 0.00449. The first-order chi connectivity index (χ1) is 7.63. The van der Waals surface area contributed by atoms with Crippen molar-refractivity contribution in [3.8, 4) is 0 Å². The van der Waals surface area contributed by atoms with Crippen molar-refractivity contribution in [2.45, 2.75) is 51.1 Å². The summed E-state index contributed by atoms with van der Waals surface area (Å²) >= 11 is 0. The summed E-state index contributed by atoms with van der Waals surface area (Å²) in [6, 6.07) is -0.531. The Bertz CT molecular complexity index is 256. The number of rotatable bonds is 5. The van der Waals surface area contributed by atoms with Crippen molar-refractivity contribution in [2.75, 3.05) is 6.54 Å². The van der Waals surface area contributed by atoms with Gasteiger partial charge in [-0.15, -0.1) is 0 Å². The molecule has 3 N–H and O–H groups in total. The first kappa shape index (κ1) is 13.0. The van der Waals surface area contributed by atoms with Gasteiger partial charge >= 0.3 is 5.97 Å². The number of nitrogens with one attached hydrogen (secondary N) is 2. The Balaban J connectivity index is 2.48. The van der Waals surface area contributed by atoms with Crippen LogP contribution in [0.5, 0.6) is 0 Å². The zero-order chi connectivity index (χ0) is 12.0. The molecular formula is C11H20N2O3. The zero-order valence-electron chi connectivity index (χ0n) is 9.66. The lowest BCUT2D eigenvalue weighted by Crippen LogP contribution is -2.44. The molecule has 1 fully saturated rings. The van der Waals surface area contributed by atoms with Crippen LogP contribution in [0.2, 0.25) is 0 Å². The van der Waals surface area contributed by atoms with E-state index in [9.17, 15) is 9.59 Å². The summed E-state index contributed by atoms with van der Waals surface area (Å²) in [5, 5.41) is 14.9. The highest BCUT2D eigenvalue weighted by Gasteiger charge is 2.23. The summed E-state index contributed by atoms with van der Waals surface area (Å²) in [6.07, 6.45) is 3.57. The molecule has 0 bridgehead atoms. The van der Waals surface area contributed by atoms with Crippen molar-refractivity contribution in [1.29, 1.82) is 0 Å². The molecule has 92 valence electrons. The van der Waals surface area contributed by atoms with Crippen LogP contribution in [0.15, 0.2) is 0 Å². The third-order valence-corrected chi connectivity index (χ3v) is 2.80. The first-order valence-electron chi connectivity index (χ1n) is 5.89. The summed E-state index contributed by atoms with van der Waals surface area (Å²) in [5.74, 6) is -0.817. The molecule has 0 aromatic rings. The van der Waals surface area contributed by atoms with Crippen LogP contribution in [0.3, 0.4) is 0 Å². The van der Waals surface area contributed by atoms with Crippen molar-refractivity contribution in [3.63, 3.8) is 0 Å². The maximum absolute atomic E-state index is 11.3. The number of hydrogen-bond acceptors (Lipinski definition) is 3. The van der Waals surface area contributed by atoms with Gasteiger partial charge in [-0.1, -0.05) is 13.3 Å². The van der Waals surface area contributed by atoms with Crippen molar-refractivity contribution in [2.24, 2.45) is 0 Å². The molecule has 1 rings (SSSR count). The largest absolute Gasteiger partial charge is 0.480 e. The number of hydrogen-bond donors (Lipinski definition) is 3. The standard InChI is InChI=1S/C11H20N2O3/c1-2-4-9(11(15)16)13-8-5-3-6-12-10(14)7-8/h8-9,13H,2-7H2,1H3,(H,12,14)(H,15,16). The molecule has 5 nitrogen and oxygen atoms in total. The quantitative estimate of drug-likeness (QED) is 0.640. The van der Waals surface area contributed by atoms with Gasteiger partial charge in [0, 0.05) is 19.0 Å². The fraction of sp³-hybridized carbons (Fsp3) is 0.818. The predicted molar refractivity (Wildman–Crippen MR) is 60.1 cm³/mol. The zero-order valence-corrected chi connectivity index (χ0v) is 9.66. The summed E-state index contributed by atoms with van der Waals surface area (Å²) in [5.41, 5.74) is 0. The van der Waals surface area contributed by atoms with E-state index in [1.807, 2.05) is 6.92 Å². The van der Waals surface area contributed by atoms with E-state index in [4.69, 9.17) is 5.11 Å². The van der Waals surface area contributed by atoms with Crippen LogP contribution in [-0.2, 0) is 9.59 Å². The van der Waals surface area contributed by atoms with E-state index < -0.39 is 12.0 Å². The van der Waals surface area contributed by atoms with E-state index in [-0.39, 0.29) is 11.9 Å². The Morgan fingerprint density at radius 3 is 3.06 bits per heavy atom. The van der Waals surface area contributed by atoms with Crippen LogP contribution in [0.1, 0.15) is 39.0 Å². The second kappa shape index (κ2) is 6.48. The molecule has 1 saturated heterocycles. The Labute approximate surface area is 95.6 Å². The average molecular weight is 228 g/mol. The maximum atomic E-state index is 11.3. The van der Waals surface area contributed by atoms with Gasteiger partial charge in [-0.2, -0.15) is 0 Å². The van der Waals surface area contributed by atoms with Gasteiger partial charge in [0.1, 0.15) is 6.04 Å². The minimum atomic E-state index is -0.827. The maximum Gasteiger partial charge on any atom is 0.320 e. The summed E-state index contributed by atoms with van der Waals surface area (Å²) in [4.78, 5) is 22.3. The van der Waals surface area contributed by atoms with Gasteiger partial charge < -0.3 is 15.7 Å². The third-order valence-electron chi connectivity index (χ3n) is 2.80. The van der Waals surface area contributed by atoms with Crippen LogP contribution in [0.4, 0.5) is 0 Å². The van der Waals surface area contributed by atoms with E-state index in [1.54, 1.807) is 0 Å². The molecule has 0 radical (unpaired) electrons. The lowest BCUT2D eigenvalue weighted by Gasteiger charge is -2.20. The molecule has 5 heteroatoms. The molecule has 1 amide bonds. The van der Waals surface area contributed by atoms with Gasteiger partial charge in [0.2, 0.25) is 5.91 Å². The number of carboxylic acid groups (broad SMARTS) is 1. The van der Waals surface area contributed by atoms with Crippen LogP contribution in [0, 0.1) is 0 Å². The van der Waals surface area contributed by atoms with Crippen molar-refractivity contribution in [1.82, 2.24) is 10.6 Å². The minimum Gasteiger partial charge on any atom is -0.480 e. The predicted octanol–water partition coefficient (Wildman–Crippen LogP) is 0.498. The molecule has 1 aliphatic rings. The SMILES string of the molecule is CCCC(NC1CCCNC(=O)C1)C(=O)O. The van der Waals surface area contributed by atoms with Gasteiger partial charge in [0.25, 0.3) is 0 Å². The van der Waals surface area contributed by atoms with E-state index in [0.29, 0.717) is 19.4 Å². The van der Waals surface area contributed by atoms with Crippen molar-refractivity contribution >= 4 is 11.9 Å². The molecule has 1 heterocycles. The monoisotopic (exact) mass is 228 g/mol. The smallest absolute Gasteiger partial charge is 0.320 e. The highest BCUT2D eigenvalue weighted by Crippen LogP contribution is 2.09. The lowest BCUT2D eigenvalue weighted by molar-refractivity contribution is -0.140. The summed E-state index contributed by atoms with van der Waals surface area (Å²) in [6.45, 7) is 2.65. The molecule has 2 unspecified atom stereocenters. The summed E-state index contributed by atoms with van der Waals surface area (Å²) < 4.78 is 0. The normalized spacial score (nSPS) is 23.3. The fourth-order valence-electron chi connectivity index (χ4n) is 1.97. The summed E-state index contributed by atoms with van der Waals surface area (Å²) in [7, 11) is 0. The molecule has 2 atom stereocenters. The van der Waals surface area contributed by atoms with E-state index >= 15 is 0 Å². The molecule has 0 aromatic heterocycles. The van der Waals surface area contributed by atoms with Gasteiger partial charge in [0.15, 0.2) is 0 Å². The molecule has 1 aliphatic heterocycles. The second-order valence-electron chi connectivity index (χ2n) is 4.24. The van der Waals surface area contributed by atoms with Gasteiger partial charge in [0.05, 0.1) is 0 Å². The molecule has 16 heavy (non-hydrogen) atoms. The highest BCUT2D eigenvalue weighted by molar-refractivity contribution is 5.77. The topological polar surface area (TPSA) is 78.4 Å². The van der Waals surface area contributed by atoms with E-state index in [0.717, 1.165) is 19.3 Å². The van der Waals surface area contributed by atoms with Crippen molar-refractivity contribution < 1.29 is 14.7 Å². The molecule has 0 spiro atoms. The highest BCUT2D eigenvalue weighted by atomic mass is 16.4. The Kier molecular flexibility index (Phi) is 5.25. The number of carboxylic acids is 1. The van der Waals surface area contributed by atoms with Gasteiger partial charge in [-0.05, 0) is 19.3 Å². The number of carbonyl (C=O) groups excluding carboxylic acids is 1. The average Bonchev–Trinajstić information content (AvgIpc) is 2.42. The molecule has 0 saturated carbocycles. The Morgan fingerprint density at radius 1 is 1.69 bits per heavy atom. The van der Waals surface area contributed by atoms with Crippen LogP contribution >= 0.6 is 0 Å². The lowest BCUT2D eigenvalue weighted by atomic mass is 10.1. The van der Waals surface area contributed by atoms with Gasteiger partial charge in [-0.3, -0.25) is 9.59 Å². The number of amides is 1. The number of aliphatic carboxylic acids is 1. The third kappa shape index (κ3) is 4.18. The van der Waals surface area contributed by atoms with Crippen LogP contribution in [0.25, 0.3) is 0 Å². The Hall–Kier alpha value is -1.10. The fourth-order valence-corrected chi connectivity index (χ4v) is 1.97. The van der Waals surface area contributed by atoms with Crippen LogP contribution < -0.4 is 10.6 Å². The van der Waals surface area contributed by atoms with Crippen molar-refractivity contribution in [3.05, 3.63) is 0 Å². The van der Waals surface area contributed by atoms with E-state index in [2.05, 4.69) is 10.6 Å². The second-order valence-corrected chi connectivity index (χ2v) is 4.24. The first-order valence-corrected chi connectivity index (χ1v) is 5.89. The van der Waals surface area contributed by atoms with E-state index in [1.165, 1.54) is 0 Å².